The van der Waals surface area contributed by atoms with E-state index in [2.05, 4.69) is 0 Å². The minimum absolute atomic E-state index is 0.106. The molecule has 0 amide bonds. The van der Waals surface area contributed by atoms with Crippen LogP contribution in [0.2, 0.25) is 0 Å². The molecule has 0 saturated carbocycles. The summed E-state index contributed by atoms with van der Waals surface area (Å²) in [4.78, 5) is 23.5. The highest BCUT2D eigenvalue weighted by Gasteiger charge is 2.34. The molecule has 0 radical (unpaired) electrons. The maximum atomic E-state index is 12.0. The molecule has 0 bridgehead atoms. The van der Waals surface area contributed by atoms with Crippen LogP contribution in [0.15, 0.2) is 12.2 Å². The van der Waals surface area contributed by atoms with Gasteiger partial charge in [-0.05, 0) is 12.8 Å². The molecule has 90 valence electrons. The minimum Gasteiger partial charge on any atom is -0.469 e. The standard InChI is InChI=1S/C12H18O3S/c1-8(2)16-12(14)10-7-5-4-6-9(10)11(13)15-3/h4-5,8-10H,6-7H2,1-3H3/t9-,10+/m1/s1. The molecule has 1 aliphatic carbocycles. The van der Waals surface area contributed by atoms with Gasteiger partial charge < -0.3 is 4.74 Å². The van der Waals surface area contributed by atoms with E-state index < -0.39 is 0 Å². The Kier molecular flexibility index (Phi) is 5.06. The van der Waals surface area contributed by atoms with Crippen molar-refractivity contribution in [1.82, 2.24) is 0 Å². The summed E-state index contributed by atoms with van der Waals surface area (Å²) in [5.74, 6) is -0.786. The molecule has 2 atom stereocenters. The van der Waals surface area contributed by atoms with Crippen molar-refractivity contribution in [3.05, 3.63) is 12.2 Å². The first-order chi connectivity index (χ1) is 7.56. The SMILES string of the molecule is COC(=O)[C@@H]1CC=CC[C@@H]1C(=O)SC(C)C. The Morgan fingerprint density at radius 2 is 1.81 bits per heavy atom. The Labute approximate surface area is 101 Å². The minimum atomic E-state index is -0.297. The van der Waals surface area contributed by atoms with Gasteiger partial charge in [-0.25, -0.2) is 0 Å². The van der Waals surface area contributed by atoms with Gasteiger partial charge >= 0.3 is 5.97 Å². The number of carbonyl (C=O) groups excluding carboxylic acids is 2. The number of esters is 1. The van der Waals surface area contributed by atoms with Crippen molar-refractivity contribution in [1.29, 1.82) is 0 Å². The second kappa shape index (κ2) is 6.09. The number of carbonyl (C=O) groups is 2. The van der Waals surface area contributed by atoms with Crippen molar-refractivity contribution >= 4 is 22.8 Å². The third-order valence-corrected chi connectivity index (χ3v) is 3.60. The van der Waals surface area contributed by atoms with Gasteiger partial charge in [-0.3, -0.25) is 9.59 Å². The van der Waals surface area contributed by atoms with Crippen molar-refractivity contribution in [2.24, 2.45) is 11.8 Å². The molecule has 0 aromatic heterocycles. The summed E-state index contributed by atoms with van der Waals surface area (Å²) >= 11 is 1.31. The molecule has 0 unspecified atom stereocenters. The summed E-state index contributed by atoms with van der Waals surface area (Å²) in [6, 6.07) is 0. The highest BCUT2D eigenvalue weighted by atomic mass is 32.2. The lowest BCUT2D eigenvalue weighted by Crippen LogP contribution is -2.31. The smallest absolute Gasteiger partial charge is 0.309 e. The highest BCUT2D eigenvalue weighted by Crippen LogP contribution is 2.31. The number of rotatable bonds is 3. The van der Waals surface area contributed by atoms with Crippen LogP contribution in [-0.4, -0.2) is 23.4 Å². The molecule has 1 aliphatic rings. The van der Waals surface area contributed by atoms with Gasteiger partial charge in [0.2, 0.25) is 0 Å². The van der Waals surface area contributed by atoms with Crippen molar-refractivity contribution in [2.45, 2.75) is 31.9 Å². The molecule has 0 fully saturated rings. The fraction of sp³-hybridized carbons (Fsp3) is 0.667. The molecule has 4 heteroatoms. The van der Waals surface area contributed by atoms with Crippen LogP contribution < -0.4 is 0 Å². The Balaban J connectivity index is 2.71. The van der Waals surface area contributed by atoms with E-state index in [0.717, 1.165) is 0 Å². The maximum absolute atomic E-state index is 12.0. The number of ether oxygens (including phenoxy) is 1. The van der Waals surface area contributed by atoms with Gasteiger partial charge in [-0.2, -0.15) is 0 Å². The van der Waals surface area contributed by atoms with Crippen LogP contribution in [0.25, 0.3) is 0 Å². The quantitative estimate of drug-likeness (QED) is 0.563. The van der Waals surface area contributed by atoms with E-state index in [1.807, 2.05) is 26.0 Å². The normalized spacial score (nSPS) is 24.5. The Morgan fingerprint density at radius 3 is 2.31 bits per heavy atom. The molecule has 3 nitrogen and oxygen atoms in total. The predicted molar refractivity (Wildman–Crippen MR) is 65.1 cm³/mol. The van der Waals surface area contributed by atoms with Gasteiger partial charge in [0.15, 0.2) is 5.12 Å². The van der Waals surface area contributed by atoms with Crippen molar-refractivity contribution in [3.63, 3.8) is 0 Å². The van der Waals surface area contributed by atoms with E-state index in [1.165, 1.54) is 18.9 Å². The monoisotopic (exact) mass is 242 g/mol. The molecule has 0 N–H and O–H groups in total. The molecule has 0 aromatic carbocycles. The second-order valence-electron chi connectivity index (χ2n) is 4.16. The lowest BCUT2D eigenvalue weighted by atomic mass is 9.84. The Hall–Kier alpha value is -0.770. The molecule has 0 saturated heterocycles. The first-order valence-electron chi connectivity index (χ1n) is 5.49. The first kappa shape index (κ1) is 13.3. The zero-order valence-electron chi connectivity index (χ0n) is 9.93. The van der Waals surface area contributed by atoms with Gasteiger partial charge in [-0.15, -0.1) is 0 Å². The zero-order valence-corrected chi connectivity index (χ0v) is 10.8. The zero-order chi connectivity index (χ0) is 12.1. The summed E-state index contributed by atoms with van der Waals surface area (Å²) in [5, 5.41) is 0.367. The third-order valence-electron chi connectivity index (χ3n) is 2.59. The van der Waals surface area contributed by atoms with E-state index >= 15 is 0 Å². The molecule has 16 heavy (non-hydrogen) atoms. The van der Waals surface area contributed by atoms with Crippen molar-refractivity contribution < 1.29 is 14.3 Å². The van der Waals surface area contributed by atoms with Gasteiger partial charge in [0.1, 0.15) is 0 Å². The highest BCUT2D eigenvalue weighted by molar-refractivity contribution is 8.14. The largest absolute Gasteiger partial charge is 0.469 e. The summed E-state index contributed by atoms with van der Waals surface area (Å²) < 4.78 is 4.74. The van der Waals surface area contributed by atoms with E-state index in [0.29, 0.717) is 12.8 Å². The first-order valence-corrected chi connectivity index (χ1v) is 6.37. The van der Waals surface area contributed by atoms with E-state index in [9.17, 15) is 9.59 Å². The average Bonchev–Trinajstić information content (AvgIpc) is 2.27. The summed E-state index contributed by atoms with van der Waals surface area (Å²) in [7, 11) is 1.37. The number of allylic oxidation sites excluding steroid dienone is 2. The van der Waals surface area contributed by atoms with Crippen LogP contribution in [0.4, 0.5) is 0 Å². The fourth-order valence-electron chi connectivity index (χ4n) is 1.81. The summed E-state index contributed by atoms with van der Waals surface area (Å²) in [6.07, 6.45) is 5.19. The number of methoxy groups -OCH3 is 1. The van der Waals surface area contributed by atoms with E-state index in [1.54, 1.807) is 0 Å². The van der Waals surface area contributed by atoms with E-state index in [-0.39, 0.29) is 28.2 Å². The molecule has 0 spiro atoms. The molecular weight excluding hydrogens is 224 g/mol. The van der Waals surface area contributed by atoms with Gasteiger partial charge in [0, 0.05) is 11.2 Å². The lowest BCUT2D eigenvalue weighted by Gasteiger charge is -2.25. The molecule has 0 aromatic rings. The van der Waals surface area contributed by atoms with Crippen LogP contribution in [0.5, 0.6) is 0 Å². The molecule has 0 heterocycles. The van der Waals surface area contributed by atoms with Crippen LogP contribution >= 0.6 is 11.8 Å². The lowest BCUT2D eigenvalue weighted by molar-refractivity contribution is -0.149. The molecule has 1 rings (SSSR count). The topological polar surface area (TPSA) is 43.4 Å². The number of hydrogen-bond donors (Lipinski definition) is 0. The van der Waals surface area contributed by atoms with Gasteiger partial charge in [0.25, 0.3) is 0 Å². The van der Waals surface area contributed by atoms with E-state index in [4.69, 9.17) is 4.74 Å². The van der Waals surface area contributed by atoms with Crippen molar-refractivity contribution in [3.8, 4) is 0 Å². The molecule has 0 aliphatic heterocycles. The summed E-state index contributed by atoms with van der Waals surface area (Å²) in [5.41, 5.74) is 0. The predicted octanol–water partition coefficient (Wildman–Crippen LogP) is 2.41. The van der Waals surface area contributed by atoms with Crippen LogP contribution in [0, 0.1) is 11.8 Å². The number of thioether (sulfide) groups is 1. The second-order valence-corrected chi connectivity index (χ2v) is 5.75. The van der Waals surface area contributed by atoms with Crippen LogP contribution in [-0.2, 0) is 14.3 Å². The Morgan fingerprint density at radius 1 is 1.25 bits per heavy atom. The van der Waals surface area contributed by atoms with Crippen LogP contribution in [0.1, 0.15) is 26.7 Å². The molecular formula is C12H18O3S. The van der Waals surface area contributed by atoms with Crippen LogP contribution in [0.3, 0.4) is 0 Å². The third kappa shape index (κ3) is 3.37. The van der Waals surface area contributed by atoms with Gasteiger partial charge in [0.05, 0.1) is 13.0 Å². The maximum Gasteiger partial charge on any atom is 0.309 e. The average molecular weight is 242 g/mol. The van der Waals surface area contributed by atoms with Gasteiger partial charge in [-0.1, -0.05) is 37.8 Å². The van der Waals surface area contributed by atoms with Crippen molar-refractivity contribution in [2.75, 3.05) is 7.11 Å². The fourth-order valence-corrected chi connectivity index (χ4v) is 2.71. The Bertz CT molecular complexity index is 297. The summed E-state index contributed by atoms with van der Waals surface area (Å²) in [6.45, 7) is 3.96. The number of hydrogen-bond acceptors (Lipinski definition) is 4.